The van der Waals surface area contributed by atoms with E-state index in [1.54, 1.807) is 42.5 Å². The Kier molecular flexibility index (Phi) is 33.3. The molecule has 0 bridgehead atoms. The lowest BCUT2D eigenvalue weighted by atomic mass is 9.99. The molecule has 2 fully saturated rings. The topological polar surface area (TPSA) is 556 Å². The smallest absolute Gasteiger partial charge is 0.322 e. The minimum atomic E-state index is -1.97. The normalized spacial score (nSPS) is 16.0. The summed E-state index contributed by atoms with van der Waals surface area (Å²) in [6.45, 7) is 5.88. The molecule has 5 aromatic carbocycles. The number of aliphatic hydroxyl groups is 1. The fourth-order valence-electron chi connectivity index (χ4n) is 13.1. The van der Waals surface area contributed by atoms with Gasteiger partial charge in [0.2, 0.25) is 82.7 Å². The van der Waals surface area contributed by atoms with E-state index in [9.17, 15) is 72.2 Å². The number of urea groups is 2. The van der Waals surface area contributed by atoms with Gasteiger partial charge in [0.25, 0.3) is 0 Å². The molecule has 2 aliphatic heterocycles. The number of carbonyl (C=O) groups excluding carboxylic acids is 16. The number of aromatic nitrogens is 1. The Morgan fingerprint density at radius 2 is 1.03 bits per heavy atom. The van der Waals surface area contributed by atoms with Crippen LogP contribution in [-0.4, -0.2) is 202 Å². The summed E-state index contributed by atoms with van der Waals surface area (Å²) >= 11 is 6.26. The Bertz CT molecular complexity index is 4580. The van der Waals surface area contributed by atoms with E-state index in [0.29, 0.717) is 47.5 Å². The number of anilines is 2. The molecule has 2 aliphatic rings. The van der Waals surface area contributed by atoms with Crippen LogP contribution < -0.4 is 91.6 Å². The van der Waals surface area contributed by atoms with Crippen LogP contribution in [0.4, 0.5) is 21.0 Å². The minimum absolute atomic E-state index is 0.00982. The van der Waals surface area contributed by atoms with Gasteiger partial charge in [-0.05, 0) is 127 Å². The van der Waals surface area contributed by atoms with Crippen molar-refractivity contribution in [3.63, 3.8) is 0 Å². The van der Waals surface area contributed by atoms with Gasteiger partial charge in [-0.15, -0.1) is 0 Å². The van der Waals surface area contributed by atoms with E-state index in [4.69, 9.17) is 28.8 Å². The molecule has 0 aliphatic carbocycles. The number of hydrogen-bond acceptors (Lipinski definition) is 19. The first-order chi connectivity index (χ1) is 55.8. The van der Waals surface area contributed by atoms with Crippen LogP contribution in [0.15, 0.2) is 140 Å². The number of primary amides is 3. The fraction of sp³-hybridized carbons (Fsp3) is 0.388. The zero-order chi connectivity index (χ0) is 85.0. The number of nitrogens with one attached hydrogen (secondary N) is 14. The van der Waals surface area contributed by atoms with Gasteiger partial charge in [-0.2, -0.15) is 0 Å². The number of unbranched alkanes of at least 4 members (excludes halogenated alkanes) is 1. The van der Waals surface area contributed by atoms with Crippen LogP contribution in [0.5, 0.6) is 0 Å². The van der Waals surface area contributed by atoms with Crippen molar-refractivity contribution in [2.45, 2.75) is 177 Å². The number of benzene rings is 5. The largest absolute Gasteiger partial charge is 0.394 e. The van der Waals surface area contributed by atoms with Crippen LogP contribution in [0.1, 0.15) is 100 Å². The van der Waals surface area contributed by atoms with E-state index in [-0.39, 0.29) is 73.6 Å². The maximum Gasteiger partial charge on any atom is 0.322 e. The van der Waals surface area contributed by atoms with Gasteiger partial charge in [0, 0.05) is 80.4 Å². The Labute approximate surface area is 678 Å². The van der Waals surface area contributed by atoms with Crippen LogP contribution in [-0.2, 0) is 99.2 Å². The van der Waals surface area contributed by atoms with Crippen molar-refractivity contribution in [1.82, 2.24) is 73.7 Å². The molecule has 21 N–H and O–H groups in total. The lowest BCUT2D eigenvalue weighted by molar-refractivity contribution is -0.142. The molecule has 117 heavy (non-hydrogen) atoms. The lowest BCUT2D eigenvalue weighted by Crippen LogP contribution is -2.62. The first-order valence-corrected chi connectivity index (χ1v) is 38.3. The summed E-state index contributed by atoms with van der Waals surface area (Å²) in [6.07, 6.45) is 1.48. The summed E-state index contributed by atoms with van der Waals surface area (Å²) in [7, 11) is 0. The predicted octanol–water partition coefficient (Wildman–Crippen LogP) is -0.656. The van der Waals surface area contributed by atoms with Gasteiger partial charge in [-0.3, -0.25) is 77.4 Å². The molecule has 0 radical (unpaired) electrons. The summed E-state index contributed by atoms with van der Waals surface area (Å²) in [5.74, 6) is -12.8. The number of halogens is 1. The summed E-state index contributed by atoms with van der Waals surface area (Å²) in [4.78, 5) is 225. The van der Waals surface area contributed by atoms with Crippen LogP contribution in [0, 0.1) is 0 Å². The number of aliphatic hydroxyl groups excluding tert-OH is 1. The number of likely N-dealkylation sites (tertiary alicyclic amines) is 1. The van der Waals surface area contributed by atoms with E-state index in [2.05, 4.69) is 74.1 Å². The van der Waals surface area contributed by atoms with Crippen molar-refractivity contribution in [2.75, 3.05) is 30.3 Å². The Hall–Kier alpha value is -13.0. The van der Waals surface area contributed by atoms with Crippen LogP contribution in [0.2, 0.25) is 5.02 Å². The third-order valence-corrected chi connectivity index (χ3v) is 19.4. The Balaban J connectivity index is 1.10. The average molecular weight is 1630 g/mol. The molecule has 36 nitrogen and oxygen atoms in total. The van der Waals surface area contributed by atoms with Crippen LogP contribution >= 0.6 is 11.6 Å². The number of imide groups is 1. The lowest BCUT2D eigenvalue weighted by Gasteiger charge is -2.30. The zero-order valence-electron chi connectivity index (χ0n) is 64.8. The molecule has 3 heterocycles. The van der Waals surface area contributed by atoms with Gasteiger partial charge in [0.05, 0.1) is 19.4 Å². The number of rotatable bonds is 41. The highest BCUT2D eigenvalue weighted by Gasteiger charge is 2.41. The van der Waals surface area contributed by atoms with Gasteiger partial charge >= 0.3 is 12.1 Å². The second-order valence-electron chi connectivity index (χ2n) is 28.8. The number of pyridine rings is 1. The summed E-state index contributed by atoms with van der Waals surface area (Å²) in [5, 5.41) is 49.3. The van der Waals surface area contributed by atoms with Crippen LogP contribution in [0.25, 0.3) is 10.8 Å². The molecule has 6 aromatic rings. The van der Waals surface area contributed by atoms with Crippen molar-refractivity contribution >= 4 is 129 Å². The maximum atomic E-state index is 15.4. The maximum absolute atomic E-state index is 15.4. The quantitative estimate of drug-likeness (QED) is 0.0212. The molecule has 0 spiro atoms. The highest BCUT2D eigenvalue weighted by molar-refractivity contribution is 6.30. The molecular formula is C80H98ClN19O17. The van der Waals surface area contributed by atoms with Gasteiger partial charge in [0.1, 0.15) is 66.5 Å². The summed E-state index contributed by atoms with van der Waals surface area (Å²) < 4.78 is 0. The SMILES string of the molecule is CC(=O)N[C@H](Cc1ccc2ccccc2c1)C(=O)N[C@H](Cc1ccc(Cl)cc1)C(=O)N[C@H](Cc1cccnc1)C(=O)N[C@@H](CO)C(=O)N[C@@H](Cc1ccc(NC(=O)[C@@H]2CC(=O)NC(=O)N2)cc1)C(=O)N[C@H](Cc1ccc(NC(N)=O)cc1)C(=O)N[C@@H](CC(N)=O)C(=O)N[C@@H](CCCCNC(C)C)C(=O)N1CCC[C@H]1C(=O)N[C@H](C)C(N)=O. The highest BCUT2D eigenvalue weighted by atomic mass is 35.5. The van der Waals surface area contributed by atoms with Crippen molar-refractivity contribution in [3.05, 3.63) is 173 Å². The van der Waals surface area contributed by atoms with E-state index in [1.165, 1.54) is 79.7 Å². The highest BCUT2D eigenvalue weighted by Crippen LogP contribution is 2.23. The number of fused-ring (bicyclic) bond motifs is 1. The first kappa shape index (κ1) is 89.6. The monoisotopic (exact) mass is 1630 g/mol. The second-order valence-corrected chi connectivity index (χ2v) is 29.2. The molecule has 0 saturated carbocycles. The van der Waals surface area contributed by atoms with Crippen molar-refractivity contribution in [2.24, 2.45) is 17.2 Å². The molecule has 37 heteroatoms. The molecule has 0 unspecified atom stereocenters. The number of amides is 18. The standard InChI is InChI=1S/C80H98ClN19O17/c1-43(2)86-31-8-7-14-56(78(115)100-32-10-15-65(100)77(114)87-44(3)68(83)105)91-75(112)62(39-66(82)103)96-73(110)59(35-48-21-28-55(29-22-48)90-79(84)116)93-72(109)60(36-47-19-26-54(27-20-47)89-69(106)63-40-67(104)99-80(117)98-63)95-76(113)64(42-101)97-74(111)61(38-50-11-9-30-85-41-50)94-71(108)58(34-46-17-24-53(81)25-18-46)92-70(107)57(88-45(4)102)37-49-16-23-51-12-5-6-13-52(51)33-49/h5-6,9,11-13,16-30,33,41,43-44,56-65,86,101H,7-8,10,14-15,31-32,34-40,42H2,1-4H3,(H2,82,103)(H2,83,105)(H,87,114)(H,88,102)(H,89,106)(H,91,112)(H,92,107)(H,93,109)(H,94,108)(H,95,113)(H,96,110)(H,97,111)(H3,84,90,116)(H2,98,99,104,117)/t44-,56+,57-,58-,59-,60+,61-,62+,63+,64+,65+/m1/s1. The van der Waals surface area contributed by atoms with E-state index in [0.717, 1.165) is 10.8 Å². The Morgan fingerprint density at radius 3 is 1.54 bits per heavy atom. The molecule has 622 valence electrons. The number of carbonyl (C=O) groups is 16. The second kappa shape index (κ2) is 43.5. The molecule has 8 rings (SSSR count). The third-order valence-electron chi connectivity index (χ3n) is 19.1. The fourth-order valence-corrected chi connectivity index (χ4v) is 13.2. The van der Waals surface area contributed by atoms with Crippen molar-refractivity contribution < 1.29 is 81.8 Å². The first-order valence-electron chi connectivity index (χ1n) is 38.0. The zero-order valence-corrected chi connectivity index (χ0v) is 65.6. The molecule has 18 amide bonds. The molecule has 1 aromatic heterocycles. The van der Waals surface area contributed by atoms with Crippen molar-refractivity contribution in [1.29, 1.82) is 0 Å². The molecule has 11 atom stereocenters. The number of nitrogens with two attached hydrogens (primary N) is 3. The van der Waals surface area contributed by atoms with Gasteiger partial charge in [-0.25, -0.2) is 9.59 Å². The average Bonchev–Trinajstić information content (AvgIpc) is 1.81. The Morgan fingerprint density at radius 1 is 0.538 bits per heavy atom. The number of hydrogen-bond donors (Lipinski definition) is 18. The van der Waals surface area contributed by atoms with E-state index < -0.39 is 187 Å². The van der Waals surface area contributed by atoms with Crippen LogP contribution in [0.3, 0.4) is 0 Å². The molecular weight excluding hydrogens is 1530 g/mol. The summed E-state index contributed by atoms with van der Waals surface area (Å²) in [5.41, 5.74) is 18.9. The van der Waals surface area contributed by atoms with Crippen molar-refractivity contribution in [3.8, 4) is 0 Å². The van der Waals surface area contributed by atoms with E-state index in [1.807, 2.05) is 55.6 Å². The van der Waals surface area contributed by atoms with Gasteiger partial charge in [0.15, 0.2) is 0 Å². The van der Waals surface area contributed by atoms with Gasteiger partial charge < -0.3 is 96.3 Å². The number of nitrogens with zero attached hydrogens (tertiary/aromatic N) is 2. The van der Waals surface area contributed by atoms with E-state index >= 15 is 9.59 Å². The summed E-state index contributed by atoms with van der Waals surface area (Å²) in [6, 6.07) is 15.5. The minimum Gasteiger partial charge on any atom is -0.394 e. The third kappa shape index (κ3) is 28.2. The predicted molar refractivity (Wildman–Crippen MR) is 428 cm³/mol. The molecule has 2 saturated heterocycles. The van der Waals surface area contributed by atoms with Gasteiger partial charge in [-0.1, -0.05) is 110 Å².